The van der Waals surface area contributed by atoms with Crippen molar-refractivity contribution >= 4 is 5.91 Å². The fourth-order valence-corrected chi connectivity index (χ4v) is 2.91. The van der Waals surface area contributed by atoms with Crippen LogP contribution in [0.25, 0.3) is 0 Å². The number of ether oxygens (including phenoxy) is 2. The van der Waals surface area contributed by atoms with E-state index in [-0.39, 0.29) is 12.5 Å². The molecule has 5 heteroatoms. The van der Waals surface area contributed by atoms with Crippen LogP contribution in [0.15, 0.2) is 54.6 Å². The summed E-state index contributed by atoms with van der Waals surface area (Å²) in [5.74, 6) is 1.50. The molecule has 0 unspecified atom stereocenters. The molecule has 2 aromatic carbocycles. The van der Waals surface area contributed by atoms with Gasteiger partial charge in [0, 0.05) is 19.6 Å². The highest BCUT2D eigenvalue weighted by atomic mass is 16.5. The molecule has 0 aromatic heterocycles. The molecule has 2 aromatic rings. The summed E-state index contributed by atoms with van der Waals surface area (Å²) in [6.45, 7) is 4.13. The Hall–Kier alpha value is -2.53. The zero-order chi connectivity index (χ0) is 18.2. The first kappa shape index (κ1) is 18.3. The zero-order valence-corrected chi connectivity index (χ0v) is 15.3. The maximum Gasteiger partial charge on any atom is 0.260 e. The summed E-state index contributed by atoms with van der Waals surface area (Å²) in [5, 5.41) is 0. The molecule has 0 aliphatic carbocycles. The zero-order valence-electron chi connectivity index (χ0n) is 15.3. The van der Waals surface area contributed by atoms with E-state index in [0.717, 1.165) is 43.9 Å². The highest BCUT2D eigenvalue weighted by Crippen LogP contribution is 2.19. The summed E-state index contributed by atoms with van der Waals surface area (Å²) < 4.78 is 11.4. The lowest BCUT2D eigenvalue weighted by Crippen LogP contribution is -2.37. The molecule has 1 saturated heterocycles. The number of rotatable bonds is 6. The molecule has 3 rings (SSSR count). The van der Waals surface area contributed by atoms with Gasteiger partial charge in [-0.3, -0.25) is 4.79 Å². The van der Waals surface area contributed by atoms with Crippen molar-refractivity contribution in [2.75, 3.05) is 39.8 Å². The predicted molar refractivity (Wildman–Crippen MR) is 101 cm³/mol. The minimum atomic E-state index is 0.0460. The highest BCUT2D eigenvalue weighted by molar-refractivity contribution is 5.77. The van der Waals surface area contributed by atoms with Gasteiger partial charge in [-0.25, -0.2) is 0 Å². The predicted octanol–water partition coefficient (Wildman–Crippen LogP) is 2.81. The molecule has 1 fully saturated rings. The lowest BCUT2D eigenvalue weighted by Gasteiger charge is -2.20. The lowest BCUT2D eigenvalue weighted by molar-refractivity contribution is -0.133. The molecule has 0 spiro atoms. The van der Waals surface area contributed by atoms with Gasteiger partial charge in [0.2, 0.25) is 0 Å². The second-order valence-corrected chi connectivity index (χ2v) is 6.57. The molecule has 1 aliphatic heterocycles. The third-order valence-corrected chi connectivity index (χ3v) is 4.51. The van der Waals surface area contributed by atoms with E-state index >= 15 is 0 Å². The Kier molecular flexibility index (Phi) is 6.50. The monoisotopic (exact) mass is 354 g/mol. The van der Waals surface area contributed by atoms with E-state index in [1.165, 1.54) is 0 Å². The van der Waals surface area contributed by atoms with Crippen molar-refractivity contribution in [1.82, 2.24) is 9.80 Å². The molecule has 0 atom stereocenters. The molecule has 0 saturated carbocycles. The maximum absolute atomic E-state index is 12.3. The Morgan fingerprint density at radius 3 is 2.31 bits per heavy atom. The van der Waals surface area contributed by atoms with Crippen molar-refractivity contribution in [2.24, 2.45) is 0 Å². The second-order valence-electron chi connectivity index (χ2n) is 6.57. The van der Waals surface area contributed by atoms with Crippen LogP contribution in [0.4, 0.5) is 0 Å². The summed E-state index contributed by atoms with van der Waals surface area (Å²) in [6.07, 6.45) is 1.01. The Morgan fingerprint density at radius 2 is 1.58 bits per heavy atom. The van der Waals surface area contributed by atoms with Crippen LogP contribution in [0.5, 0.6) is 11.5 Å². The third-order valence-electron chi connectivity index (χ3n) is 4.51. The van der Waals surface area contributed by atoms with Gasteiger partial charge in [0.15, 0.2) is 6.61 Å². The molecule has 1 amide bonds. The number of benzene rings is 2. The van der Waals surface area contributed by atoms with Crippen LogP contribution >= 0.6 is 0 Å². The number of hydrogen-bond acceptors (Lipinski definition) is 4. The van der Waals surface area contributed by atoms with Crippen LogP contribution < -0.4 is 9.47 Å². The number of carbonyl (C=O) groups excluding carboxylic acids is 1. The fraction of sp³-hybridized carbons (Fsp3) is 0.381. The first-order valence-corrected chi connectivity index (χ1v) is 9.06. The van der Waals surface area contributed by atoms with Crippen LogP contribution in [0.3, 0.4) is 0 Å². The number of hydrogen-bond donors (Lipinski definition) is 0. The molecular weight excluding hydrogens is 328 g/mol. The van der Waals surface area contributed by atoms with E-state index < -0.39 is 0 Å². The summed E-state index contributed by atoms with van der Waals surface area (Å²) in [7, 11) is 2.09. The Bertz CT molecular complexity index is 688. The minimum absolute atomic E-state index is 0.0460. The van der Waals surface area contributed by atoms with Crippen LogP contribution in [-0.4, -0.2) is 55.5 Å². The fourth-order valence-electron chi connectivity index (χ4n) is 2.91. The molecular formula is C21H26N2O3. The first-order valence-electron chi connectivity index (χ1n) is 9.06. The second kappa shape index (κ2) is 9.25. The molecule has 1 heterocycles. The van der Waals surface area contributed by atoms with Gasteiger partial charge in [-0.05, 0) is 49.8 Å². The van der Waals surface area contributed by atoms with Gasteiger partial charge in [-0.2, -0.15) is 0 Å². The quantitative estimate of drug-likeness (QED) is 0.800. The molecule has 0 N–H and O–H groups in total. The van der Waals surface area contributed by atoms with Crippen molar-refractivity contribution in [2.45, 2.75) is 13.0 Å². The summed E-state index contributed by atoms with van der Waals surface area (Å²) in [4.78, 5) is 16.5. The molecule has 0 bridgehead atoms. The summed E-state index contributed by atoms with van der Waals surface area (Å²) >= 11 is 0. The smallest absolute Gasteiger partial charge is 0.260 e. The van der Waals surface area contributed by atoms with Crippen molar-refractivity contribution in [1.29, 1.82) is 0 Å². The van der Waals surface area contributed by atoms with Gasteiger partial charge >= 0.3 is 0 Å². The van der Waals surface area contributed by atoms with Crippen LogP contribution in [0.1, 0.15) is 12.0 Å². The minimum Gasteiger partial charge on any atom is -0.489 e. The van der Waals surface area contributed by atoms with E-state index in [9.17, 15) is 4.79 Å². The number of likely N-dealkylation sites (N-methyl/N-ethyl adjacent to an activating group) is 1. The average molecular weight is 354 g/mol. The first-order chi connectivity index (χ1) is 12.7. The van der Waals surface area contributed by atoms with Crippen molar-refractivity contribution in [3.05, 3.63) is 60.2 Å². The Labute approximate surface area is 155 Å². The Morgan fingerprint density at radius 1 is 0.885 bits per heavy atom. The van der Waals surface area contributed by atoms with Crippen LogP contribution in [0, 0.1) is 0 Å². The maximum atomic E-state index is 12.3. The average Bonchev–Trinajstić information content (AvgIpc) is 2.91. The van der Waals surface area contributed by atoms with E-state index in [4.69, 9.17) is 9.47 Å². The standard InChI is InChI=1S/C21H26N2O3/c1-22-12-5-13-23(15-14-22)21(24)17-26-20-10-8-19(9-11-20)25-16-18-6-3-2-4-7-18/h2-4,6-11H,5,12-17H2,1H3. The topological polar surface area (TPSA) is 42.0 Å². The van der Waals surface area contributed by atoms with Crippen LogP contribution in [0.2, 0.25) is 0 Å². The lowest BCUT2D eigenvalue weighted by atomic mass is 10.2. The van der Waals surface area contributed by atoms with E-state index in [0.29, 0.717) is 12.4 Å². The number of nitrogens with zero attached hydrogens (tertiary/aromatic N) is 2. The molecule has 26 heavy (non-hydrogen) atoms. The highest BCUT2D eigenvalue weighted by Gasteiger charge is 2.17. The van der Waals surface area contributed by atoms with E-state index in [1.807, 2.05) is 59.5 Å². The van der Waals surface area contributed by atoms with E-state index in [2.05, 4.69) is 11.9 Å². The van der Waals surface area contributed by atoms with Gasteiger partial charge in [-0.15, -0.1) is 0 Å². The van der Waals surface area contributed by atoms with Gasteiger partial charge in [0.05, 0.1) is 0 Å². The van der Waals surface area contributed by atoms with Gasteiger partial charge in [0.1, 0.15) is 18.1 Å². The largest absolute Gasteiger partial charge is 0.489 e. The van der Waals surface area contributed by atoms with Gasteiger partial charge < -0.3 is 19.3 Å². The van der Waals surface area contributed by atoms with Crippen molar-refractivity contribution in [3.8, 4) is 11.5 Å². The Balaban J connectivity index is 1.44. The van der Waals surface area contributed by atoms with Crippen molar-refractivity contribution in [3.63, 3.8) is 0 Å². The SMILES string of the molecule is CN1CCCN(C(=O)COc2ccc(OCc3ccccc3)cc2)CC1. The van der Waals surface area contributed by atoms with Crippen LogP contribution in [-0.2, 0) is 11.4 Å². The van der Waals surface area contributed by atoms with Crippen molar-refractivity contribution < 1.29 is 14.3 Å². The van der Waals surface area contributed by atoms with E-state index in [1.54, 1.807) is 0 Å². The molecule has 5 nitrogen and oxygen atoms in total. The molecule has 0 radical (unpaired) electrons. The normalized spacial score (nSPS) is 15.3. The summed E-state index contributed by atoms with van der Waals surface area (Å²) in [6, 6.07) is 17.4. The number of carbonyl (C=O) groups is 1. The molecule has 138 valence electrons. The third kappa shape index (κ3) is 5.49. The number of amides is 1. The molecule has 1 aliphatic rings. The summed E-state index contributed by atoms with van der Waals surface area (Å²) in [5.41, 5.74) is 1.13. The van der Waals surface area contributed by atoms with Gasteiger partial charge in [0.25, 0.3) is 5.91 Å². The van der Waals surface area contributed by atoms with Gasteiger partial charge in [-0.1, -0.05) is 30.3 Å².